The van der Waals surface area contributed by atoms with Crippen molar-refractivity contribution in [3.8, 4) is 11.3 Å². The molecule has 2 aromatic rings. The maximum Gasteiger partial charge on any atom is 0.188 e. The van der Waals surface area contributed by atoms with Crippen LogP contribution < -0.4 is 0 Å². The smallest absolute Gasteiger partial charge is 0.188 e. The van der Waals surface area contributed by atoms with E-state index in [-0.39, 0.29) is 0 Å². The standard InChI is InChI=1S/C16H17ClN2S/c17-14-6-4-13(5-7-14)15-8-10-18-16(19-15)20-11-9-12-2-1-3-12/h4-8,10,12H,1-3,9,11H2. The number of benzene rings is 1. The predicted octanol–water partition coefficient (Wildman–Crippen LogP) is 5.08. The van der Waals surface area contributed by atoms with Gasteiger partial charge in [0.25, 0.3) is 0 Å². The largest absolute Gasteiger partial charge is 0.231 e. The summed E-state index contributed by atoms with van der Waals surface area (Å²) in [4.78, 5) is 8.97. The average molecular weight is 305 g/mol. The van der Waals surface area contributed by atoms with Gasteiger partial charge in [-0.05, 0) is 30.5 Å². The minimum atomic E-state index is 0.748. The van der Waals surface area contributed by atoms with Crippen molar-refractivity contribution in [1.29, 1.82) is 0 Å². The van der Waals surface area contributed by atoms with Gasteiger partial charge in [-0.2, -0.15) is 0 Å². The molecular formula is C16H17ClN2S. The van der Waals surface area contributed by atoms with Gasteiger partial charge in [-0.3, -0.25) is 0 Å². The maximum absolute atomic E-state index is 5.91. The molecule has 0 radical (unpaired) electrons. The number of nitrogens with zero attached hydrogens (tertiary/aromatic N) is 2. The summed E-state index contributed by atoms with van der Waals surface area (Å²) in [5.74, 6) is 2.07. The second-order valence-corrected chi connectivity index (χ2v) is 6.66. The zero-order chi connectivity index (χ0) is 13.8. The van der Waals surface area contributed by atoms with E-state index in [1.807, 2.05) is 36.5 Å². The molecule has 1 aromatic heterocycles. The fraction of sp³-hybridized carbons (Fsp3) is 0.375. The van der Waals surface area contributed by atoms with Crippen LogP contribution in [-0.4, -0.2) is 15.7 Å². The van der Waals surface area contributed by atoms with Gasteiger partial charge in [0, 0.05) is 22.5 Å². The molecule has 4 heteroatoms. The summed E-state index contributed by atoms with van der Waals surface area (Å²) in [6.07, 6.45) is 7.36. The Labute approximate surface area is 129 Å². The summed E-state index contributed by atoms with van der Waals surface area (Å²) in [6.45, 7) is 0. The van der Waals surface area contributed by atoms with E-state index in [9.17, 15) is 0 Å². The number of rotatable bonds is 5. The lowest BCUT2D eigenvalue weighted by molar-refractivity contribution is 0.309. The molecule has 0 spiro atoms. The van der Waals surface area contributed by atoms with Crippen LogP contribution in [0.1, 0.15) is 25.7 Å². The number of thioether (sulfide) groups is 1. The third kappa shape index (κ3) is 3.53. The summed E-state index contributed by atoms with van der Waals surface area (Å²) in [7, 11) is 0. The van der Waals surface area contributed by atoms with Gasteiger partial charge < -0.3 is 0 Å². The van der Waals surface area contributed by atoms with Crippen LogP contribution in [-0.2, 0) is 0 Å². The summed E-state index contributed by atoms with van der Waals surface area (Å²) < 4.78 is 0. The average Bonchev–Trinajstić information content (AvgIpc) is 2.43. The molecule has 0 atom stereocenters. The molecule has 0 bridgehead atoms. The summed E-state index contributed by atoms with van der Waals surface area (Å²) in [6, 6.07) is 9.71. The topological polar surface area (TPSA) is 25.8 Å². The van der Waals surface area contributed by atoms with Crippen LogP contribution in [0.25, 0.3) is 11.3 Å². The molecule has 104 valence electrons. The molecule has 1 fully saturated rings. The highest BCUT2D eigenvalue weighted by atomic mass is 35.5. The zero-order valence-electron chi connectivity index (χ0n) is 11.3. The second kappa shape index (κ2) is 6.59. The van der Waals surface area contributed by atoms with Crippen LogP contribution in [0.4, 0.5) is 0 Å². The van der Waals surface area contributed by atoms with Gasteiger partial charge in [-0.25, -0.2) is 9.97 Å². The third-order valence-electron chi connectivity index (χ3n) is 3.76. The number of hydrogen-bond acceptors (Lipinski definition) is 3. The van der Waals surface area contributed by atoms with E-state index in [0.29, 0.717) is 0 Å². The minimum Gasteiger partial charge on any atom is -0.231 e. The summed E-state index contributed by atoms with van der Waals surface area (Å²) in [5, 5.41) is 1.62. The van der Waals surface area contributed by atoms with Crippen molar-refractivity contribution >= 4 is 23.4 Å². The fourth-order valence-electron chi connectivity index (χ4n) is 2.29. The molecule has 1 saturated carbocycles. The molecular weight excluding hydrogens is 288 g/mol. The van der Waals surface area contributed by atoms with Gasteiger partial charge in [0.2, 0.25) is 0 Å². The first-order chi connectivity index (χ1) is 9.81. The first-order valence-electron chi connectivity index (χ1n) is 7.03. The van der Waals surface area contributed by atoms with Crippen molar-refractivity contribution in [3.63, 3.8) is 0 Å². The van der Waals surface area contributed by atoms with Gasteiger partial charge in [0.1, 0.15) is 0 Å². The van der Waals surface area contributed by atoms with Gasteiger partial charge in [0.05, 0.1) is 5.69 Å². The SMILES string of the molecule is Clc1ccc(-c2ccnc(SCCC3CCC3)n2)cc1. The van der Waals surface area contributed by atoms with E-state index < -0.39 is 0 Å². The minimum absolute atomic E-state index is 0.748. The number of hydrogen-bond donors (Lipinski definition) is 0. The molecule has 1 heterocycles. The summed E-state index contributed by atoms with van der Waals surface area (Å²) in [5.41, 5.74) is 2.04. The highest BCUT2D eigenvalue weighted by Gasteiger charge is 2.16. The van der Waals surface area contributed by atoms with Crippen molar-refractivity contribution in [2.75, 3.05) is 5.75 Å². The Morgan fingerprint density at radius 3 is 2.65 bits per heavy atom. The Morgan fingerprint density at radius 1 is 1.15 bits per heavy atom. The molecule has 0 aliphatic heterocycles. The van der Waals surface area contributed by atoms with E-state index in [2.05, 4.69) is 9.97 Å². The molecule has 0 amide bonds. The Morgan fingerprint density at radius 2 is 1.95 bits per heavy atom. The van der Waals surface area contributed by atoms with Crippen LogP contribution in [0, 0.1) is 5.92 Å². The van der Waals surface area contributed by atoms with Crippen molar-refractivity contribution in [2.45, 2.75) is 30.8 Å². The lowest BCUT2D eigenvalue weighted by atomic mass is 9.84. The van der Waals surface area contributed by atoms with Crippen molar-refractivity contribution in [1.82, 2.24) is 9.97 Å². The van der Waals surface area contributed by atoms with Gasteiger partial charge in [-0.1, -0.05) is 54.8 Å². The van der Waals surface area contributed by atoms with E-state index in [0.717, 1.165) is 33.1 Å². The van der Waals surface area contributed by atoms with Crippen LogP contribution in [0.3, 0.4) is 0 Å². The second-order valence-electron chi connectivity index (χ2n) is 5.17. The predicted molar refractivity (Wildman–Crippen MR) is 85.2 cm³/mol. The van der Waals surface area contributed by atoms with E-state index >= 15 is 0 Å². The van der Waals surface area contributed by atoms with Crippen molar-refractivity contribution in [3.05, 3.63) is 41.6 Å². The Bertz CT molecular complexity index is 567. The number of halogens is 1. The lowest BCUT2D eigenvalue weighted by Crippen LogP contribution is -2.11. The summed E-state index contributed by atoms with van der Waals surface area (Å²) >= 11 is 7.67. The molecule has 3 rings (SSSR count). The first-order valence-corrected chi connectivity index (χ1v) is 8.39. The van der Waals surface area contributed by atoms with Gasteiger partial charge in [-0.15, -0.1) is 0 Å². The first kappa shape index (κ1) is 13.9. The Balaban J connectivity index is 1.64. The van der Waals surface area contributed by atoms with Crippen molar-refractivity contribution < 1.29 is 0 Å². The molecule has 1 aliphatic rings. The van der Waals surface area contributed by atoms with E-state index in [1.54, 1.807) is 11.8 Å². The fourth-order valence-corrected chi connectivity index (χ4v) is 3.35. The number of aromatic nitrogens is 2. The van der Waals surface area contributed by atoms with Crippen LogP contribution >= 0.6 is 23.4 Å². The molecule has 0 unspecified atom stereocenters. The highest BCUT2D eigenvalue weighted by molar-refractivity contribution is 7.99. The van der Waals surface area contributed by atoms with E-state index in [4.69, 9.17) is 11.6 Å². The molecule has 0 saturated heterocycles. The Kier molecular flexibility index (Phi) is 4.58. The molecule has 1 aliphatic carbocycles. The normalized spacial score (nSPS) is 15.1. The monoisotopic (exact) mass is 304 g/mol. The van der Waals surface area contributed by atoms with Gasteiger partial charge >= 0.3 is 0 Å². The quantitative estimate of drug-likeness (QED) is 0.569. The molecule has 1 aromatic carbocycles. The third-order valence-corrected chi connectivity index (χ3v) is 4.90. The van der Waals surface area contributed by atoms with Crippen LogP contribution in [0.2, 0.25) is 5.02 Å². The zero-order valence-corrected chi connectivity index (χ0v) is 12.8. The van der Waals surface area contributed by atoms with E-state index in [1.165, 1.54) is 25.7 Å². The maximum atomic E-state index is 5.91. The molecule has 0 N–H and O–H groups in total. The van der Waals surface area contributed by atoms with Crippen molar-refractivity contribution in [2.24, 2.45) is 5.92 Å². The van der Waals surface area contributed by atoms with Crippen LogP contribution in [0.5, 0.6) is 0 Å². The molecule has 2 nitrogen and oxygen atoms in total. The highest BCUT2D eigenvalue weighted by Crippen LogP contribution is 2.31. The van der Waals surface area contributed by atoms with Crippen LogP contribution in [0.15, 0.2) is 41.7 Å². The van der Waals surface area contributed by atoms with Gasteiger partial charge in [0.15, 0.2) is 5.16 Å². The Hall–Kier alpha value is -1.06. The molecule has 20 heavy (non-hydrogen) atoms. The lowest BCUT2D eigenvalue weighted by Gasteiger charge is -2.24.